The summed E-state index contributed by atoms with van der Waals surface area (Å²) in [6.45, 7) is 4.32. The van der Waals surface area contributed by atoms with Gasteiger partial charge >= 0.3 is 6.03 Å². The van der Waals surface area contributed by atoms with E-state index >= 15 is 0 Å². The zero-order chi connectivity index (χ0) is 22.7. The van der Waals surface area contributed by atoms with Gasteiger partial charge in [0.15, 0.2) is 0 Å². The summed E-state index contributed by atoms with van der Waals surface area (Å²) in [6, 6.07) is 13.4. The summed E-state index contributed by atoms with van der Waals surface area (Å²) < 4.78 is 0. The van der Waals surface area contributed by atoms with Crippen LogP contribution in [0.2, 0.25) is 10.0 Å². The molecule has 32 heavy (non-hydrogen) atoms. The molecule has 2 heterocycles. The summed E-state index contributed by atoms with van der Waals surface area (Å²) in [5, 5.41) is 5.32. The van der Waals surface area contributed by atoms with Gasteiger partial charge in [-0.25, -0.2) is 4.79 Å². The van der Waals surface area contributed by atoms with E-state index in [9.17, 15) is 9.59 Å². The van der Waals surface area contributed by atoms with Crippen LogP contribution in [0.15, 0.2) is 48.7 Å². The summed E-state index contributed by atoms with van der Waals surface area (Å²) in [6.07, 6.45) is 2.74. The number of amides is 3. The molecule has 1 saturated heterocycles. The van der Waals surface area contributed by atoms with Crippen LogP contribution in [-0.4, -0.2) is 59.4 Å². The van der Waals surface area contributed by atoms with Crippen molar-refractivity contribution in [2.24, 2.45) is 0 Å². The molecule has 6 nitrogen and oxygen atoms in total. The third-order valence-electron chi connectivity index (χ3n) is 6.02. The number of halogens is 2. The lowest BCUT2D eigenvalue weighted by Gasteiger charge is -2.24. The first-order valence-corrected chi connectivity index (χ1v) is 11.5. The number of hydrogen-bond acceptors (Lipinski definition) is 2. The second-order valence-corrected chi connectivity index (χ2v) is 8.88. The number of benzene rings is 2. The monoisotopic (exact) mass is 472 g/mol. The Morgan fingerprint density at radius 3 is 2.56 bits per heavy atom. The molecule has 2 aromatic carbocycles. The largest absolute Gasteiger partial charge is 0.361 e. The molecule has 3 aromatic rings. The highest BCUT2D eigenvalue weighted by molar-refractivity contribution is 6.35. The molecular weight excluding hydrogens is 447 g/mol. The van der Waals surface area contributed by atoms with Gasteiger partial charge < -0.3 is 20.1 Å². The highest BCUT2D eigenvalue weighted by Crippen LogP contribution is 2.35. The van der Waals surface area contributed by atoms with E-state index in [0.717, 1.165) is 28.5 Å². The van der Waals surface area contributed by atoms with Crippen molar-refractivity contribution in [2.75, 3.05) is 32.7 Å². The first kappa shape index (κ1) is 22.5. The fourth-order valence-electron chi connectivity index (χ4n) is 4.29. The van der Waals surface area contributed by atoms with Crippen molar-refractivity contribution in [1.82, 2.24) is 20.1 Å². The van der Waals surface area contributed by atoms with Crippen LogP contribution in [0.25, 0.3) is 10.9 Å². The molecule has 168 valence electrons. The van der Waals surface area contributed by atoms with Gasteiger partial charge in [-0.3, -0.25) is 4.79 Å². The molecule has 1 unspecified atom stereocenters. The van der Waals surface area contributed by atoms with E-state index in [1.54, 1.807) is 22.8 Å². The maximum absolute atomic E-state index is 13.0. The van der Waals surface area contributed by atoms with Crippen LogP contribution < -0.4 is 5.32 Å². The lowest BCUT2D eigenvalue weighted by molar-refractivity contribution is -0.128. The molecule has 1 aromatic heterocycles. The molecule has 0 saturated carbocycles. The number of rotatable bonds is 4. The molecule has 0 bridgehead atoms. The number of aromatic nitrogens is 1. The van der Waals surface area contributed by atoms with Crippen LogP contribution in [-0.2, 0) is 4.79 Å². The Hall–Kier alpha value is -2.70. The number of urea groups is 1. The number of aromatic amines is 1. The van der Waals surface area contributed by atoms with Crippen molar-refractivity contribution < 1.29 is 9.59 Å². The van der Waals surface area contributed by atoms with Crippen molar-refractivity contribution >= 4 is 46.0 Å². The number of fused-ring (bicyclic) bond motifs is 1. The normalized spacial score (nSPS) is 15.5. The third-order valence-corrected chi connectivity index (χ3v) is 6.58. The summed E-state index contributed by atoms with van der Waals surface area (Å²) in [5.74, 6) is -0.107. The summed E-state index contributed by atoms with van der Waals surface area (Å²) in [4.78, 5) is 31.5. The molecule has 1 aliphatic rings. The second-order valence-electron chi connectivity index (χ2n) is 8.04. The van der Waals surface area contributed by atoms with E-state index in [0.29, 0.717) is 42.8 Å². The number of carbonyl (C=O) groups excluding carboxylic acids is 2. The standard InChI is InChI=1S/C24H26Cl2N4O2/c1-16(31)29-9-4-10-30(12-11-29)24(32)28-15-20(18-8-7-17(25)13-22(18)26)21-14-27-23-6-3-2-5-19(21)23/h2-3,5-8,13-14,20,27H,4,9-12,15H2,1H3,(H,28,32). The van der Waals surface area contributed by atoms with E-state index in [1.165, 1.54) is 0 Å². The highest BCUT2D eigenvalue weighted by Gasteiger charge is 2.24. The van der Waals surface area contributed by atoms with Gasteiger partial charge in [0.05, 0.1) is 0 Å². The number of hydrogen-bond donors (Lipinski definition) is 2. The van der Waals surface area contributed by atoms with Gasteiger partial charge in [-0.15, -0.1) is 0 Å². The maximum atomic E-state index is 13.0. The predicted octanol–water partition coefficient (Wildman–Crippen LogP) is 4.87. The smallest absolute Gasteiger partial charge is 0.317 e. The molecule has 4 rings (SSSR count). The van der Waals surface area contributed by atoms with E-state index in [1.807, 2.05) is 36.5 Å². The van der Waals surface area contributed by atoms with Crippen LogP contribution >= 0.6 is 23.2 Å². The summed E-state index contributed by atoms with van der Waals surface area (Å²) >= 11 is 12.7. The van der Waals surface area contributed by atoms with Gasteiger partial charge in [-0.05, 0) is 35.7 Å². The number of H-pyrrole nitrogens is 1. The zero-order valence-corrected chi connectivity index (χ0v) is 19.4. The number of nitrogens with zero attached hydrogens (tertiary/aromatic N) is 2. The molecule has 0 radical (unpaired) electrons. The minimum atomic E-state index is -0.152. The SMILES string of the molecule is CC(=O)N1CCCN(C(=O)NCC(c2ccc(Cl)cc2Cl)c2c[nH]c3ccccc23)CC1. The molecular formula is C24H26Cl2N4O2. The molecule has 1 aliphatic heterocycles. The topological polar surface area (TPSA) is 68.4 Å². The van der Waals surface area contributed by atoms with Crippen LogP contribution in [0.1, 0.15) is 30.4 Å². The minimum absolute atomic E-state index is 0.0454. The number of nitrogens with one attached hydrogen (secondary N) is 2. The van der Waals surface area contributed by atoms with Gasteiger partial charge in [0.25, 0.3) is 0 Å². The second kappa shape index (κ2) is 9.84. The van der Waals surface area contributed by atoms with Crippen LogP contribution in [0.3, 0.4) is 0 Å². The first-order valence-electron chi connectivity index (χ1n) is 10.7. The Kier molecular flexibility index (Phi) is 6.92. The summed E-state index contributed by atoms with van der Waals surface area (Å²) in [7, 11) is 0. The Bertz CT molecular complexity index is 1130. The Balaban J connectivity index is 1.56. The van der Waals surface area contributed by atoms with Crippen LogP contribution in [0, 0.1) is 0 Å². The minimum Gasteiger partial charge on any atom is -0.361 e. The third kappa shape index (κ3) is 4.87. The van der Waals surface area contributed by atoms with Crippen LogP contribution in [0.5, 0.6) is 0 Å². The fraction of sp³-hybridized carbons (Fsp3) is 0.333. The number of carbonyl (C=O) groups is 2. The van der Waals surface area contributed by atoms with Gasteiger partial charge in [-0.1, -0.05) is 47.5 Å². The molecule has 8 heteroatoms. The van der Waals surface area contributed by atoms with E-state index < -0.39 is 0 Å². The first-order chi connectivity index (χ1) is 15.4. The Morgan fingerprint density at radius 1 is 1.03 bits per heavy atom. The van der Waals surface area contributed by atoms with Gasteiger partial charge in [0.1, 0.15) is 0 Å². The van der Waals surface area contributed by atoms with Gasteiger partial charge in [0, 0.05) is 72.7 Å². The number of para-hydroxylation sites is 1. The Labute approximate surface area is 197 Å². The van der Waals surface area contributed by atoms with Crippen LogP contribution in [0.4, 0.5) is 4.79 Å². The zero-order valence-electron chi connectivity index (χ0n) is 17.9. The van der Waals surface area contributed by atoms with E-state index in [2.05, 4.69) is 16.4 Å². The Morgan fingerprint density at radius 2 is 1.78 bits per heavy atom. The maximum Gasteiger partial charge on any atom is 0.317 e. The van der Waals surface area contributed by atoms with Crippen molar-refractivity contribution in [1.29, 1.82) is 0 Å². The predicted molar refractivity (Wildman–Crippen MR) is 128 cm³/mol. The van der Waals surface area contributed by atoms with E-state index in [-0.39, 0.29) is 17.9 Å². The summed E-state index contributed by atoms with van der Waals surface area (Å²) in [5.41, 5.74) is 2.99. The highest BCUT2D eigenvalue weighted by atomic mass is 35.5. The average Bonchev–Trinajstić information content (AvgIpc) is 3.02. The van der Waals surface area contributed by atoms with Crippen molar-refractivity contribution in [3.05, 3.63) is 69.8 Å². The van der Waals surface area contributed by atoms with Crippen molar-refractivity contribution in [3.63, 3.8) is 0 Å². The molecule has 3 amide bonds. The average molecular weight is 473 g/mol. The van der Waals surface area contributed by atoms with Crippen molar-refractivity contribution in [2.45, 2.75) is 19.3 Å². The quantitative estimate of drug-likeness (QED) is 0.568. The van der Waals surface area contributed by atoms with Gasteiger partial charge in [0.2, 0.25) is 5.91 Å². The lowest BCUT2D eigenvalue weighted by atomic mass is 9.91. The fourth-order valence-corrected chi connectivity index (χ4v) is 4.83. The molecule has 0 spiro atoms. The molecule has 1 fully saturated rings. The van der Waals surface area contributed by atoms with Crippen molar-refractivity contribution in [3.8, 4) is 0 Å². The molecule has 0 aliphatic carbocycles. The lowest BCUT2D eigenvalue weighted by Crippen LogP contribution is -2.43. The molecule has 2 N–H and O–H groups in total. The molecule has 1 atom stereocenters. The van der Waals surface area contributed by atoms with E-state index in [4.69, 9.17) is 23.2 Å². The van der Waals surface area contributed by atoms with Gasteiger partial charge in [-0.2, -0.15) is 0 Å².